The molecule has 0 saturated carbocycles. The highest BCUT2D eigenvalue weighted by molar-refractivity contribution is 7.12. The maximum atomic E-state index is 4.28. The van der Waals surface area contributed by atoms with E-state index in [9.17, 15) is 0 Å². The van der Waals surface area contributed by atoms with Gasteiger partial charge in [0.05, 0.1) is 0 Å². The molecule has 0 aliphatic carbocycles. The van der Waals surface area contributed by atoms with Gasteiger partial charge in [0.2, 0.25) is 0 Å². The number of hydrogen-bond donors (Lipinski definition) is 0. The third-order valence-corrected chi connectivity index (χ3v) is 2.52. The van der Waals surface area contributed by atoms with Crippen LogP contribution in [0.15, 0.2) is 37.1 Å². The zero-order valence-corrected chi connectivity index (χ0v) is 8.77. The first-order valence-electron chi connectivity index (χ1n) is 4.16. The number of aromatic nitrogens is 1. The molecule has 0 spiro atoms. The molecule has 1 aromatic rings. The minimum absolute atomic E-state index is 1.03. The molecular formula is C11H13NS. The summed E-state index contributed by atoms with van der Waals surface area (Å²) in [6, 6.07) is 0. The summed E-state index contributed by atoms with van der Waals surface area (Å²) >= 11 is 1.69. The van der Waals surface area contributed by atoms with Crippen molar-refractivity contribution in [2.45, 2.75) is 13.8 Å². The van der Waals surface area contributed by atoms with Crippen molar-refractivity contribution >= 4 is 16.9 Å². The molecule has 0 aromatic carbocycles. The normalized spacial score (nSPS) is 12.3. The van der Waals surface area contributed by atoms with E-state index < -0.39 is 0 Å². The zero-order valence-electron chi connectivity index (χ0n) is 7.95. The van der Waals surface area contributed by atoms with Gasteiger partial charge in [0.25, 0.3) is 0 Å². The Morgan fingerprint density at radius 1 is 1.62 bits per heavy atom. The summed E-state index contributed by atoms with van der Waals surface area (Å²) in [7, 11) is 0. The number of rotatable bonds is 3. The second kappa shape index (κ2) is 4.77. The van der Waals surface area contributed by atoms with E-state index in [0.29, 0.717) is 0 Å². The average Bonchev–Trinajstić information content (AvgIpc) is 2.54. The summed E-state index contributed by atoms with van der Waals surface area (Å²) in [5, 5.41) is 1.03. The van der Waals surface area contributed by atoms with E-state index in [0.717, 1.165) is 10.6 Å². The van der Waals surface area contributed by atoms with Crippen molar-refractivity contribution in [2.24, 2.45) is 0 Å². The third kappa shape index (κ3) is 2.67. The molecule has 1 rings (SSSR count). The summed E-state index contributed by atoms with van der Waals surface area (Å²) in [6.07, 6.45) is 9.72. The molecular weight excluding hydrogens is 178 g/mol. The van der Waals surface area contributed by atoms with E-state index in [4.69, 9.17) is 0 Å². The molecule has 0 atom stereocenters. The molecule has 0 bridgehead atoms. The largest absolute Gasteiger partial charge is 0.244 e. The highest BCUT2D eigenvalue weighted by Gasteiger charge is 2.00. The van der Waals surface area contributed by atoms with Crippen LogP contribution in [0, 0.1) is 6.92 Å². The van der Waals surface area contributed by atoms with Crippen molar-refractivity contribution in [3.05, 3.63) is 47.0 Å². The Bertz CT molecular complexity index is 345. The maximum absolute atomic E-state index is 4.28. The van der Waals surface area contributed by atoms with Crippen LogP contribution in [-0.4, -0.2) is 4.98 Å². The van der Waals surface area contributed by atoms with Gasteiger partial charge in [-0.2, -0.15) is 0 Å². The second-order valence-electron chi connectivity index (χ2n) is 2.63. The van der Waals surface area contributed by atoms with E-state index in [1.807, 2.05) is 37.4 Å². The number of hydrogen-bond acceptors (Lipinski definition) is 2. The van der Waals surface area contributed by atoms with Gasteiger partial charge in [0.15, 0.2) is 0 Å². The molecule has 0 aliphatic rings. The topological polar surface area (TPSA) is 12.9 Å². The Morgan fingerprint density at radius 2 is 2.38 bits per heavy atom. The van der Waals surface area contributed by atoms with E-state index in [1.165, 1.54) is 4.88 Å². The van der Waals surface area contributed by atoms with Gasteiger partial charge in [-0.3, -0.25) is 0 Å². The van der Waals surface area contributed by atoms with Gasteiger partial charge < -0.3 is 0 Å². The molecule has 0 radical (unpaired) electrons. The lowest BCUT2D eigenvalue weighted by molar-refractivity contribution is 1.35. The molecule has 0 N–H and O–H groups in total. The Hall–Kier alpha value is -1.15. The molecule has 0 unspecified atom stereocenters. The number of aryl methyl sites for hydroxylation is 1. The second-order valence-corrected chi connectivity index (χ2v) is 3.86. The van der Waals surface area contributed by atoms with Crippen LogP contribution < -0.4 is 0 Å². The van der Waals surface area contributed by atoms with Gasteiger partial charge in [-0.1, -0.05) is 30.9 Å². The van der Waals surface area contributed by atoms with Crippen molar-refractivity contribution in [3.8, 4) is 0 Å². The Morgan fingerprint density at radius 3 is 2.85 bits per heavy atom. The number of allylic oxidation sites excluding steroid dienone is 5. The van der Waals surface area contributed by atoms with Crippen LogP contribution in [0.4, 0.5) is 0 Å². The van der Waals surface area contributed by atoms with Crippen LogP contribution in [0.2, 0.25) is 0 Å². The molecule has 0 amide bonds. The van der Waals surface area contributed by atoms with Crippen LogP contribution in [0.3, 0.4) is 0 Å². The summed E-state index contributed by atoms with van der Waals surface area (Å²) in [4.78, 5) is 5.51. The van der Waals surface area contributed by atoms with E-state index in [2.05, 4.69) is 18.5 Å². The molecule has 0 aliphatic heterocycles. The minimum Gasteiger partial charge on any atom is -0.244 e. The fourth-order valence-corrected chi connectivity index (χ4v) is 1.70. The molecule has 2 heteroatoms. The monoisotopic (exact) mass is 191 g/mol. The highest BCUT2D eigenvalue weighted by atomic mass is 32.1. The number of thiazole rings is 1. The predicted molar refractivity (Wildman–Crippen MR) is 59.8 cm³/mol. The summed E-state index contributed by atoms with van der Waals surface area (Å²) < 4.78 is 0. The van der Waals surface area contributed by atoms with Crippen LogP contribution in [-0.2, 0) is 0 Å². The molecule has 68 valence electrons. The summed E-state index contributed by atoms with van der Waals surface area (Å²) in [5.41, 5.74) is 1.08. The van der Waals surface area contributed by atoms with E-state index in [-0.39, 0.29) is 0 Å². The lowest BCUT2D eigenvalue weighted by Gasteiger charge is -1.92. The predicted octanol–water partition coefficient (Wildman–Crippen LogP) is 3.60. The fraction of sp³-hybridized carbons (Fsp3) is 0.182. The molecule has 1 nitrogen and oxygen atoms in total. The molecule has 1 aromatic heterocycles. The number of nitrogens with zero attached hydrogens (tertiary/aromatic N) is 1. The van der Waals surface area contributed by atoms with E-state index in [1.54, 1.807) is 11.3 Å². The Balaban J connectivity index is 2.96. The van der Waals surface area contributed by atoms with Crippen LogP contribution in [0.5, 0.6) is 0 Å². The van der Waals surface area contributed by atoms with Gasteiger partial charge in [-0.25, -0.2) is 4.98 Å². The Labute approximate surface area is 83.1 Å². The first kappa shape index (κ1) is 9.93. The van der Waals surface area contributed by atoms with Gasteiger partial charge in [0, 0.05) is 16.6 Å². The van der Waals surface area contributed by atoms with Crippen molar-refractivity contribution in [3.63, 3.8) is 0 Å². The molecule has 1 heterocycles. The van der Waals surface area contributed by atoms with Crippen molar-refractivity contribution in [1.82, 2.24) is 4.98 Å². The van der Waals surface area contributed by atoms with Crippen molar-refractivity contribution in [1.29, 1.82) is 0 Å². The lowest BCUT2D eigenvalue weighted by atomic mass is 10.2. The van der Waals surface area contributed by atoms with Crippen molar-refractivity contribution in [2.75, 3.05) is 0 Å². The first-order valence-corrected chi connectivity index (χ1v) is 4.97. The van der Waals surface area contributed by atoms with Gasteiger partial charge in [0.1, 0.15) is 5.01 Å². The Kier molecular flexibility index (Phi) is 3.65. The van der Waals surface area contributed by atoms with Crippen molar-refractivity contribution < 1.29 is 0 Å². The summed E-state index contributed by atoms with van der Waals surface area (Å²) in [5.74, 6) is 0. The van der Waals surface area contributed by atoms with Gasteiger partial charge >= 0.3 is 0 Å². The standard InChI is InChI=1S/C11H13NS/c1-4-6-7-10(5-2)11-12-8-9(3)13-11/h4-8H,2H2,1,3H3/b6-4-,10-7+. The highest BCUT2D eigenvalue weighted by Crippen LogP contribution is 2.21. The van der Waals surface area contributed by atoms with Gasteiger partial charge in [-0.05, 0) is 13.8 Å². The third-order valence-electron chi connectivity index (χ3n) is 1.56. The smallest absolute Gasteiger partial charge is 0.123 e. The molecule has 0 saturated heterocycles. The lowest BCUT2D eigenvalue weighted by Crippen LogP contribution is -1.75. The van der Waals surface area contributed by atoms with Gasteiger partial charge in [-0.15, -0.1) is 11.3 Å². The van der Waals surface area contributed by atoms with Crippen LogP contribution in [0.25, 0.3) is 5.57 Å². The quantitative estimate of drug-likeness (QED) is 0.665. The zero-order chi connectivity index (χ0) is 9.68. The molecule has 13 heavy (non-hydrogen) atoms. The minimum atomic E-state index is 1.03. The van der Waals surface area contributed by atoms with Crippen LogP contribution >= 0.6 is 11.3 Å². The SMILES string of the molecule is C=C/C(=C\C=C/C)c1ncc(C)s1. The maximum Gasteiger partial charge on any atom is 0.123 e. The summed E-state index contributed by atoms with van der Waals surface area (Å²) in [6.45, 7) is 7.81. The molecule has 0 fully saturated rings. The first-order chi connectivity index (χ1) is 6.27. The van der Waals surface area contributed by atoms with Crippen LogP contribution in [0.1, 0.15) is 16.8 Å². The fourth-order valence-electron chi connectivity index (χ4n) is 0.915. The van der Waals surface area contributed by atoms with E-state index >= 15 is 0 Å². The average molecular weight is 191 g/mol.